The maximum atomic E-state index is 12.1. The molecule has 5 heteroatoms. The molecule has 0 aliphatic rings. The molecule has 5 nitrogen and oxygen atoms in total. The summed E-state index contributed by atoms with van der Waals surface area (Å²) >= 11 is 0. The van der Waals surface area contributed by atoms with Crippen LogP contribution in [0, 0.1) is 6.92 Å². The van der Waals surface area contributed by atoms with E-state index < -0.39 is 0 Å². The summed E-state index contributed by atoms with van der Waals surface area (Å²) in [5, 5.41) is 2.85. The van der Waals surface area contributed by atoms with E-state index >= 15 is 0 Å². The van der Waals surface area contributed by atoms with Crippen molar-refractivity contribution in [2.45, 2.75) is 20.3 Å². The number of likely N-dealkylation sites (N-methyl/N-ethyl adjacent to an activating group) is 1. The number of furan rings is 1. The smallest absolute Gasteiger partial charge is 0.246 e. The lowest BCUT2D eigenvalue weighted by molar-refractivity contribution is -0.129. The van der Waals surface area contributed by atoms with Crippen LogP contribution in [0.15, 0.2) is 46.9 Å². The van der Waals surface area contributed by atoms with Crippen molar-refractivity contribution >= 4 is 23.6 Å². The maximum Gasteiger partial charge on any atom is 0.246 e. The molecular weight excluding hydrogens is 304 g/mol. The van der Waals surface area contributed by atoms with Crippen LogP contribution in [0.25, 0.3) is 6.08 Å². The minimum Gasteiger partial charge on any atom is -0.462 e. The van der Waals surface area contributed by atoms with Gasteiger partial charge in [-0.05, 0) is 43.2 Å². The molecule has 0 bridgehead atoms. The molecule has 126 valence electrons. The predicted molar refractivity (Wildman–Crippen MR) is 94.6 cm³/mol. The number of amides is 2. The number of carbonyl (C=O) groups excluding carboxylic acids is 2. The zero-order valence-corrected chi connectivity index (χ0v) is 14.2. The number of carbonyl (C=O) groups is 2. The van der Waals surface area contributed by atoms with Gasteiger partial charge in [0.15, 0.2) is 0 Å². The second-order valence-electron chi connectivity index (χ2n) is 5.53. The molecule has 0 aliphatic carbocycles. The summed E-state index contributed by atoms with van der Waals surface area (Å²) in [6, 6.07) is 11.2. The van der Waals surface area contributed by atoms with Crippen LogP contribution < -0.4 is 5.32 Å². The Bertz CT molecular complexity index is 747. The number of nitrogens with one attached hydrogen (secondary N) is 1. The standard InChI is InChI=1S/C19H22N2O3/c1-4-15-7-5-6-8-17(15)20-18(22)13-21(3)19(23)12-11-16-10-9-14(2)24-16/h5-12H,4,13H2,1-3H3,(H,20,22)/b12-11+. The highest BCUT2D eigenvalue weighted by molar-refractivity contribution is 5.98. The Labute approximate surface area is 142 Å². The number of nitrogens with zero attached hydrogens (tertiary/aromatic N) is 1. The molecule has 1 N–H and O–H groups in total. The van der Waals surface area contributed by atoms with Gasteiger partial charge in [-0.1, -0.05) is 25.1 Å². The van der Waals surface area contributed by atoms with Crippen molar-refractivity contribution in [3.8, 4) is 0 Å². The van der Waals surface area contributed by atoms with Crippen molar-refractivity contribution in [3.63, 3.8) is 0 Å². The lowest BCUT2D eigenvalue weighted by atomic mass is 10.1. The minimum atomic E-state index is -0.261. The van der Waals surface area contributed by atoms with Gasteiger partial charge in [-0.3, -0.25) is 9.59 Å². The SMILES string of the molecule is CCc1ccccc1NC(=O)CN(C)C(=O)/C=C/c1ccc(C)o1. The molecule has 1 heterocycles. The van der Waals surface area contributed by atoms with Crippen LogP contribution in [0.4, 0.5) is 5.69 Å². The fraction of sp³-hybridized carbons (Fsp3) is 0.263. The van der Waals surface area contributed by atoms with Gasteiger partial charge in [0.2, 0.25) is 11.8 Å². The Morgan fingerprint density at radius 1 is 1.21 bits per heavy atom. The van der Waals surface area contributed by atoms with E-state index in [1.807, 2.05) is 44.2 Å². The normalized spacial score (nSPS) is 10.8. The lowest BCUT2D eigenvalue weighted by Gasteiger charge is -2.16. The van der Waals surface area contributed by atoms with Gasteiger partial charge in [0.05, 0.1) is 6.54 Å². The molecule has 2 rings (SSSR count). The van der Waals surface area contributed by atoms with Gasteiger partial charge in [-0.2, -0.15) is 0 Å². The molecule has 0 atom stereocenters. The Kier molecular flexibility index (Phi) is 5.95. The van der Waals surface area contributed by atoms with E-state index in [2.05, 4.69) is 5.32 Å². The first-order chi connectivity index (χ1) is 11.5. The van der Waals surface area contributed by atoms with Gasteiger partial charge in [-0.15, -0.1) is 0 Å². The average Bonchev–Trinajstić information content (AvgIpc) is 2.98. The van der Waals surface area contributed by atoms with Crippen LogP contribution in [0.2, 0.25) is 0 Å². The maximum absolute atomic E-state index is 12.1. The number of hydrogen-bond donors (Lipinski definition) is 1. The Morgan fingerprint density at radius 3 is 2.62 bits per heavy atom. The van der Waals surface area contributed by atoms with E-state index in [0.717, 1.165) is 23.4 Å². The molecule has 2 aromatic rings. The van der Waals surface area contributed by atoms with Gasteiger partial charge < -0.3 is 14.6 Å². The van der Waals surface area contributed by atoms with E-state index in [4.69, 9.17) is 4.42 Å². The van der Waals surface area contributed by atoms with E-state index in [9.17, 15) is 9.59 Å². The summed E-state index contributed by atoms with van der Waals surface area (Å²) in [6.45, 7) is 3.85. The highest BCUT2D eigenvalue weighted by Gasteiger charge is 2.12. The van der Waals surface area contributed by atoms with Crippen molar-refractivity contribution in [1.29, 1.82) is 0 Å². The van der Waals surface area contributed by atoms with E-state index in [-0.39, 0.29) is 18.4 Å². The molecule has 24 heavy (non-hydrogen) atoms. The van der Waals surface area contributed by atoms with Crippen molar-refractivity contribution in [3.05, 3.63) is 59.6 Å². The Morgan fingerprint density at radius 2 is 1.96 bits per heavy atom. The van der Waals surface area contributed by atoms with Crippen molar-refractivity contribution < 1.29 is 14.0 Å². The van der Waals surface area contributed by atoms with Gasteiger partial charge in [0.25, 0.3) is 0 Å². The summed E-state index contributed by atoms with van der Waals surface area (Å²) in [4.78, 5) is 25.5. The van der Waals surface area contributed by atoms with Gasteiger partial charge in [0.1, 0.15) is 11.5 Å². The number of hydrogen-bond acceptors (Lipinski definition) is 3. The summed E-state index contributed by atoms with van der Waals surface area (Å²) in [6.07, 6.45) is 3.82. The zero-order chi connectivity index (χ0) is 17.5. The quantitative estimate of drug-likeness (QED) is 0.829. The third-order valence-electron chi connectivity index (χ3n) is 3.58. The van der Waals surface area contributed by atoms with Crippen molar-refractivity contribution in [1.82, 2.24) is 4.90 Å². The Balaban J connectivity index is 1.91. The molecule has 1 aromatic carbocycles. The monoisotopic (exact) mass is 326 g/mol. The van der Waals surface area contributed by atoms with Crippen LogP contribution in [0.5, 0.6) is 0 Å². The first-order valence-corrected chi connectivity index (χ1v) is 7.87. The number of anilines is 1. The first kappa shape index (κ1) is 17.5. The number of para-hydroxylation sites is 1. The van der Waals surface area contributed by atoms with Crippen molar-refractivity contribution in [2.75, 3.05) is 18.9 Å². The van der Waals surface area contributed by atoms with E-state index in [0.29, 0.717) is 5.76 Å². The summed E-state index contributed by atoms with van der Waals surface area (Å²) in [5.74, 6) is 0.900. The third-order valence-corrected chi connectivity index (χ3v) is 3.58. The second kappa shape index (κ2) is 8.15. The molecule has 0 aliphatic heterocycles. The number of benzene rings is 1. The van der Waals surface area contributed by atoms with Crippen molar-refractivity contribution in [2.24, 2.45) is 0 Å². The number of rotatable bonds is 6. The Hall–Kier alpha value is -2.82. The molecule has 2 amide bonds. The minimum absolute atomic E-state index is 0.0155. The first-order valence-electron chi connectivity index (χ1n) is 7.87. The van der Waals surface area contributed by atoms with Gasteiger partial charge in [-0.25, -0.2) is 0 Å². The highest BCUT2D eigenvalue weighted by Crippen LogP contribution is 2.15. The average molecular weight is 326 g/mol. The second-order valence-corrected chi connectivity index (χ2v) is 5.53. The molecule has 0 radical (unpaired) electrons. The van der Waals surface area contributed by atoms with Gasteiger partial charge >= 0.3 is 0 Å². The predicted octanol–water partition coefficient (Wildman–Crippen LogP) is 3.26. The molecule has 0 spiro atoms. The van der Waals surface area contributed by atoms with Gasteiger partial charge in [0, 0.05) is 18.8 Å². The fourth-order valence-electron chi connectivity index (χ4n) is 2.26. The van der Waals surface area contributed by atoms with Crippen LogP contribution in [0.3, 0.4) is 0 Å². The molecule has 0 saturated heterocycles. The van der Waals surface area contributed by atoms with E-state index in [1.54, 1.807) is 19.2 Å². The third kappa shape index (κ3) is 4.84. The van der Waals surface area contributed by atoms with Crippen LogP contribution in [0.1, 0.15) is 24.0 Å². The molecule has 0 saturated carbocycles. The lowest BCUT2D eigenvalue weighted by Crippen LogP contribution is -2.34. The van der Waals surface area contributed by atoms with Crippen LogP contribution in [-0.2, 0) is 16.0 Å². The number of aryl methyl sites for hydroxylation is 2. The zero-order valence-electron chi connectivity index (χ0n) is 14.2. The summed E-state index contributed by atoms with van der Waals surface area (Å²) < 4.78 is 5.36. The summed E-state index contributed by atoms with van der Waals surface area (Å²) in [5.41, 5.74) is 1.85. The van der Waals surface area contributed by atoms with Crippen LogP contribution >= 0.6 is 0 Å². The molecule has 0 unspecified atom stereocenters. The molecule has 0 fully saturated rings. The largest absolute Gasteiger partial charge is 0.462 e. The molecular formula is C19H22N2O3. The fourth-order valence-corrected chi connectivity index (χ4v) is 2.26. The topological polar surface area (TPSA) is 62.6 Å². The highest BCUT2D eigenvalue weighted by atomic mass is 16.3. The molecule has 1 aromatic heterocycles. The van der Waals surface area contributed by atoms with Crippen LogP contribution in [-0.4, -0.2) is 30.3 Å². The summed E-state index contributed by atoms with van der Waals surface area (Å²) in [7, 11) is 1.59. The van der Waals surface area contributed by atoms with E-state index in [1.165, 1.54) is 11.0 Å².